The lowest BCUT2D eigenvalue weighted by atomic mass is 10.3. The maximum Gasteiger partial charge on any atom is 0.229 e. The maximum atomic E-state index is 4.62. The first kappa shape index (κ1) is 17.4. The monoisotopic (exact) mass is 382 g/mol. The van der Waals surface area contributed by atoms with Crippen LogP contribution in [0.4, 0.5) is 0 Å². The van der Waals surface area contributed by atoms with Gasteiger partial charge in [0.05, 0.1) is 22.8 Å². The molecule has 0 unspecified atom stereocenters. The standard InChI is InChI=1S/C20H14N4.OSi2/c1-2-14-10-16-5-6-18(23-16)12-20-8-7-19(24-20)11-17-4-3-15(22-17)9-13(1)21-14;2-1-3/h1-12,21-22H;. The molecule has 0 aliphatic carbocycles. The zero-order valence-electron chi connectivity index (χ0n) is 14.2. The summed E-state index contributed by atoms with van der Waals surface area (Å²) in [7, 11) is 5.19. The molecule has 2 N–H and O–H groups in total. The van der Waals surface area contributed by atoms with E-state index < -0.39 is 0 Å². The molecule has 5 rings (SSSR count). The van der Waals surface area contributed by atoms with E-state index in [1.165, 1.54) is 0 Å². The molecular weight excluding hydrogens is 368 g/mol. The lowest BCUT2D eigenvalue weighted by Gasteiger charge is -1.86. The highest BCUT2D eigenvalue weighted by Gasteiger charge is 2.02. The summed E-state index contributed by atoms with van der Waals surface area (Å²) in [6.07, 6.45) is 8.05. The molecule has 2 aliphatic rings. The number of H-pyrrole nitrogens is 2. The number of hydrogen-bond donors (Lipinski definition) is 2. The molecule has 128 valence electrons. The second-order valence-electron chi connectivity index (χ2n) is 6.01. The summed E-state index contributed by atoms with van der Waals surface area (Å²) in [4.78, 5) is 16.0. The quantitative estimate of drug-likeness (QED) is 0.400. The second-order valence-corrected chi connectivity index (χ2v) is 6.82. The molecule has 0 spiro atoms. The molecule has 0 atom stereocenters. The van der Waals surface area contributed by atoms with E-state index >= 15 is 0 Å². The van der Waals surface area contributed by atoms with Gasteiger partial charge in [-0.05, 0) is 72.8 Å². The Morgan fingerprint density at radius 2 is 0.889 bits per heavy atom. The van der Waals surface area contributed by atoms with Crippen molar-refractivity contribution >= 4 is 67.3 Å². The number of fused-ring (bicyclic) bond motifs is 8. The molecule has 5 heterocycles. The van der Waals surface area contributed by atoms with Crippen LogP contribution in [-0.2, 0) is 4.12 Å². The normalized spacial score (nSPS) is 11.9. The lowest BCUT2D eigenvalue weighted by Crippen LogP contribution is -1.77. The van der Waals surface area contributed by atoms with Crippen molar-refractivity contribution in [2.45, 2.75) is 0 Å². The van der Waals surface area contributed by atoms with E-state index in [-0.39, 0.29) is 0 Å². The minimum absolute atomic E-state index is 0.915. The van der Waals surface area contributed by atoms with Crippen molar-refractivity contribution in [3.8, 4) is 0 Å². The summed E-state index contributed by atoms with van der Waals surface area (Å²) in [6, 6.07) is 16.4. The topological polar surface area (TPSA) is 66.6 Å². The van der Waals surface area contributed by atoms with E-state index in [0.717, 1.165) is 44.8 Å². The van der Waals surface area contributed by atoms with E-state index in [4.69, 9.17) is 0 Å². The number of hydrogen-bond acceptors (Lipinski definition) is 3. The van der Waals surface area contributed by atoms with Gasteiger partial charge in [0.1, 0.15) is 0 Å². The molecule has 27 heavy (non-hydrogen) atoms. The van der Waals surface area contributed by atoms with Crippen LogP contribution in [-0.4, -0.2) is 40.9 Å². The van der Waals surface area contributed by atoms with Crippen LogP contribution >= 0.6 is 0 Å². The fraction of sp³-hybridized carbons (Fsp3) is 0. The Labute approximate surface area is 163 Å². The van der Waals surface area contributed by atoms with Crippen LogP contribution in [0.15, 0.2) is 48.5 Å². The average Bonchev–Trinajstić information content (AvgIpc) is 3.41. The van der Waals surface area contributed by atoms with Gasteiger partial charge in [-0.2, -0.15) is 0 Å². The molecule has 0 amide bonds. The molecule has 3 aromatic rings. The maximum absolute atomic E-state index is 4.62. The van der Waals surface area contributed by atoms with Crippen LogP contribution < -0.4 is 0 Å². The highest BCUT2D eigenvalue weighted by Crippen LogP contribution is 2.17. The highest BCUT2D eigenvalue weighted by molar-refractivity contribution is 6.15. The fourth-order valence-corrected chi connectivity index (χ4v) is 2.94. The summed E-state index contributed by atoms with van der Waals surface area (Å²) in [5.74, 6) is 0. The molecule has 5 nitrogen and oxygen atoms in total. The van der Waals surface area contributed by atoms with Crippen LogP contribution in [0, 0.1) is 0 Å². The molecule has 3 aromatic heterocycles. The zero-order chi connectivity index (χ0) is 18.6. The highest BCUT2D eigenvalue weighted by atomic mass is 28.3. The Bertz CT molecular complexity index is 1100. The molecule has 0 aromatic carbocycles. The summed E-state index contributed by atoms with van der Waals surface area (Å²) < 4.78 is 3.86. The molecular formula is C20H14N4OSi2. The SMILES string of the molecule is C1=Cc2cc3ccc(cc4ccc(cc5nc(cc1n2)C=C5)[nH]4)[nH]3.[Si]O[Si]. The molecule has 2 aliphatic heterocycles. The number of nitrogens with zero attached hydrogens (tertiary/aromatic N) is 2. The van der Waals surface area contributed by atoms with Crippen molar-refractivity contribution in [2.75, 3.05) is 0 Å². The minimum Gasteiger partial charge on any atom is -0.458 e. The van der Waals surface area contributed by atoms with Crippen LogP contribution in [0.3, 0.4) is 0 Å². The van der Waals surface area contributed by atoms with Gasteiger partial charge in [0.15, 0.2) is 0 Å². The van der Waals surface area contributed by atoms with Crippen LogP contribution in [0.2, 0.25) is 0 Å². The van der Waals surface area contributed by atoms with E-state index in [0.29, 0.717) is 0 Å². The molecule has 6 radical (unpaired) electrons. The van der Waals surface area contributed by atoms with Crippen LogP contribution in [0.5, 0.6) is 0 Å². The van der Waals surface area contributed by atoms with Crippen LogP contribution in [0.1, 0.15) is 22.8 Å². The smallest absolute Gasteiger partial charge is 0.229 e. The van der Waals surface area contributed by atoms with Crippen molar-refractivity contribution < 1.29 is 4.12 Å². The molecule has 7 heteroatoms. The molecule has 0 fully saturated rings. The van der Waals surface area contributed by atoms with E-state index in [1.807, 2.05) is 42.5 Å². The minimum atomic E-state index is 0.915. The molecule has 0 saturated carbocycles. The predicted molar refractivity (Wildman–Crippen MR) is 111 cm³/mol. The van der Waals surface area contributed by atoms with Crippen molar-refractivity contribution in [3.63, 3.8) is 0 Å². The second kappa shape index (κ2) is 7.71. The first-order valence-corrected chi connectivity index (χ1v) is 9.07. The van der Waals surface area contributed by atoms with Gasteiger partial charge in [-0.3, -0.25) is 0 Å². The third-order valence-corrected chi connectivity index (χ3v) is 4.04. The van der Waals surface area contributed by atoms with Gasteiger partial charge >= 0.3 is 0 Å². The van der Waals surface area contributed by atoms with Crippen LogP contribution in [0.25, 0.3) is 46.4 Å². The third kappa shape index (κ3) is 4.22. The number of aromatic amines is 2. The number of rotatable bonds is 0. The van der Waals surface area contributed by atoms with Gasteiger partial charge in [-0.15, -0.1) is 0 Å². The number of aromatic nitrogens is 4. The lowest BCUT2D eigenvalue weighted by molar-refractivity contribution is 0.690. The Morgan fingerprint density at radius 1 is 0.556 bits per heavy atom. The fourth-order valence-electron chi connectivity index (χ4n) is 2.94. The number of nitrogens with one attached hydrogen (secondary N) is 2. The Balaban J connectivity index is 0.000000565. The third-order valence-electron chi connectivity index (χ3n) is 4.04. The van der Waals surface area contributed by atoms with Crippen molar-refractivity contribution in [3.05, 3.63) is 71.3 Å². The summed E-state index contributed by atoms with van der Waals surface area (Å²) in [5, 5.41) is 0. The Hall–Kier alpha value is -3.01. The first-order chi connectivity index (χ1) is 13.2. The Kier molecular flexibility index (Phi) is 4.97. The Morgan fingerprint density at radius 3 is 1.30 bits per heavy atom. The first-order valence-electron chi connectivity index (χ1n) is 8.25. The van der Waals surface area contributed by atoms with Gasteiger partial charge in [0.25, 0.3) is 0 Å². The summed E-state index contributed by atoms with van der Waals surface area (Å²) >= 11 is 0. The summed E-state index contributed by atoms with van der Waals surface area (Å²) in [5.41, 5.74) is 7.86. The van der Waals surface area contributed by atoms with Gasteiger partial charge in [-0.1, -0.05) is 0 Å². The molecule has 0 saturated heterocycles. The van der Waals surface area contributed by atoms with Gasteiger partial charge in [0, 0.05) is 22.1 Å². The van der Waals surface area contributed by atoms with Gasteiger partial charge < -0.3 is 14.1 Å². The molecule has 8 bridgehead atoms. The average molecular weight is 383 g/mol. The van der Waals surface area contributed by atoms with Crippen molar-refractivity contribution in [1.82, 2.24) is 19.9 Å². The van der Waals surface area contributed by atoms with E-state index in [2.05, 4.69) is 75.4 Å². The van der Waals surface area contributed by atoms with Gasteiger partial charge in [0.2, 0.25) is 21.0 Å². The largest absolute Gasteiger partial charge is 0.458 e. The van der Waals surface area contributed by atoms with E-state index in [1.54, 1.807) is 0 Å². The van der Waals surface area contributed by atoms with Gasteiger partial charge in [-0.25, -0.2) is 9.97 Å². The van der Waals surface area contributed by atoms with E-state index in [9.17, 15) is 0 Å². The predicted octanol–water partition coefficient (Wildman–Crippen LogP) is 3.83. The summed E-state index contributed by atoms with van der Waals surface area (Å²) in [6.45, 7) is 0. The van der Waals surface area contributed by atoms with Crippen molar-refractivity contribution in [2.24, 2.45) is 0 Å². The zero-order valence-corrected chi connectivity index (χ0v) is 16.2. The van der Waals surface area contributed by atoms with Crippen molar-refractivity contribution in [1.29, 1.82) is 0 Å².